The van der Waals surface area contributed by atoms with E-state index < -0.39 is 5.92 Å². The van der Waals surface area contributed by atoms with E-state index in [0.717, 1.165) is 6.42 Å². The number of carbonyl (C=O) groups excluding carboxylic acids is 1. The lowest BCUT2D eigenvalue weighted by Gasteiger charge is -2.32. The van der Waals surface area contributed by atoms with Crippen LogP contribution >= 0.6 is 0 Å². The van der Waals surface area contributed by atoms with Crippen molar-refractivity contribution >= 4 is 17.2 Å². The smallest absolute Gasteiger partial charge is 0.261 e. The van der Waals surface area contributed by atoms with E-state index in [1.807, 2.05) is 6.92 Å². The summed E-state index contributed by atoms with van der Waals surface area (Å²) in [6.07, 6.45) is 7.29. The number of hydrogen-bond donors (Lipinski definition) is 2. The Morgan fingerprint density at radius 1 is 1.44 bits per heavy atom. The molecule has 0 aliphatic heterocycles. The molecule has 3 heterocycles. The third kappa shape index (κ3) is 3.41. The van der Waals surface area contributed by atoms with Crippen LogP contribution in [-0.4, -0.2) is 36.6 Å². The number of alkyl halides is 2. The Balaban J connectivity index is 1.54. The van der Waals surface area contributed by atoms with Gasteiger partial charge < -0.3 is 5.32 Å². The molecule has 1 saturated carbocycles. The van der Waals surface area contributed by atoms with Gasteiger partial charge in [0, 0.05) is 31.2 Å². The quantitative estimate of drug-likeness (QED) is 0.730. The topological polar surface area (TPSA) is 88.0 Å². The number of fused-ring (bicyclic) bond motifs is 1. The molecular weight excluding hydrogens is 354 g/mol. The van der Waals surface area contributed by atoms with E-state index in [1.54, 1.807) is 18.5 Å². The number of hydrogen-bond acceptors (Lipinski definition) is 4. The molecular formula is C18H20F2N6O. The lowest BCUT2D eigenvalue weighted by atomic mass is 9.77. The third-order valence-corrected chi connectivity index (χ3v) is 5.28. The van der Waals surface area contributed by atoms with Crippen molar-refractivity contribution in [1.29, 1.82) is 0 Å². The van der Waals surface area contributed by atoms with Crippen LogP contribution in [0.4, 0.5) is 14.5 Å². The van der Waals surface area contributed by atoms with Crippen LogP contribution in [0.3, 0.4) is 0 Å². The Labute approximate surface area is 154 Å². The summed E-state index contributed by atoms with van der Waals surface area (Å²) in [5.41, 5.74) is 1.94. The Kier molecular flexibility index (Phi) is 4.37. The molecule has 27 heavy (non-hydrogen) atoms. The highest BCUT2D eigenvalue weighted by atomic mass is 19.3. The van der Waals surface area contributed by atoms with Crippen LogP contribution < -0.4 is 5.32 Å². The number of amides is 1. The van der Waals surface area contributed by atoms with Crippen molar-refractivity contribution < 1.29 is 13.6 Å². The van der Waals surface area contributed by atoms with Gasteiger partial charge in [0.05, 0.1) is 23.8 Å². The second-order valence-electron chi connectivity index (χ2n) is 7.10. The molecule has 0 radical (unpaired) electrons. The zero-order valence-electron chi connectivity index (χ0n) is 14.8. The fourth-order valence-electron chi connectivity index (χ4n) is 3.79. The molecule has 2 N–H and O–H groups in total. The number of nitrogens with one attached hydrogen (secondary N) is 2. The van der Waals surface area contributed by atoms with Crippen LogP contribution in [0, 0.1) is 5.92 Å². The number of aromatic amines is 1. The Bertz CT molecular complexity index is 966. The molecule has 1 fully saturated rings. The van der Waals surface area contributed by atoms with E-state index in [1.165, 1.54) is 16.9 Å². The van der Waals surface area contributed by atoms with Gasteiger partial charge in [-0.25, -0.2) is 18.3 Å². The minimum atomic E-state index is -2.62. The number of nitrogens with zero attached hydrogens (tertiary/aromatic N) is 4. The molecule has 142 valence electrons. The van der Waals surface area contributed by atoms with Crippen LogP contribution in [0.5, 0.6) is 0 Å². The predicted molar refractivity (Wildman–Crippen MR) is 94.8 cm³/mol. The number of anilines is 1. The van der Waals surface area contributed by atoms with Crippen molar-refractivity contribution in [1.82, 2.24) is 24.8 Å². The summed E-state index contributed by atoms with van der Waals surface area (Å²) < 4.78 is 29.1. The van der Waals surface area contributed by atoms with Crippen molar-refractivity contribution in [3.8, 4) is 0 Å². The highest BCUT2D eigenvalue weighted by Crippen LogP contribution is 2.43. The molecule has 9 heteroatoms. The van der Waals surface area contributed by atoms with Crippen LogP contribution in [0.1, 0.15) is 54.6 Å². The van der Waals surface area contributed by atoms with Gasteiger partial charge in [0.2, 0.25) is 5.92 Å². The monoisotopic (exact) mass is 374 g/mol. The first-order valence-corrected chi connectivity index (χ1v) is 8.95. The van der Waals surface area contributed by atoms with Crippen LogP contribution in [-0.2, 0) is 0 Å². The normalized spacial score (nSPS) is 20.5. The second kappa shape index (κ2) is 6.71. The Hall–Kier alpha value is -2.84. The van der Waals surface area contributed by atoms with Crippen molar-refractivity contribution in [3.63, 3.8) is 0 Å². The first-order chi connectivity index (χ1) is 12.9. The van der Waals surface area contributed by atoms with Gasteiger partial charge in [-0.2, -0.15) is 10.2 Å². The lowest BCUT2D eigenvalue weighted by molar-refractivity contribution is -0.0559. The zero-order valence-corrected chi connectivity index (χ0v) is 14.8. The molecule has 1 aliphatic carbocycles. The average molecular weight is 374 g/mol. The Morgan fingerprint density at radius 2 is 2.30 bits per heavy atom. The third-order valence-electron chi connectivity index (χ3n) is 5.28. The van der Waals surface area contributed by atoms with Crippen molar-refractivity contribution in [2.24, 2.45) is 5.92 Å². The van der Waals surface area contributed by atoms with Gasteiger partial charge in [0.1, 0.15) is 5.56 Å². The van der Waals surface area contributed by atoms with E-state index in [2.05, 4.69) is 25.6 Å². The summed E-state index contributed by atoms with van der Waals surface area (Å²) in [4.78, 5) is 16.8. The summed E-state index contributed by atoms with van der Waals surface area (Å²) in [5.74, 6) is -3.32. The van der Waals surface area contributed by atoms with Crippen molar-refractivity contribution in [2.75, 3.05) is 5.32 Å². The summed E-state index contributed by atoms with van der Waals surface area (Å²) in [6.45, 7) is 1.89. The van der Waals surface area contributed by atoms with Gasteiger partial charge in [-0.15, -0.1) is 0 Å². The molecule has 2 atom stereocenters. The van der Waals surface area contributed by atoms with E-state index in [-0.39, 0.29) is 30.6 Å². The molecule has 0 aromatic carbocycles. The molecule has 0 spiro atoms. The van der Waals surface area contributed by atoms with Crippen LogP contribution in [0.15, 0.2) is 30.9 Å². The number of rotatable bonds is 4. The molecule has 2 unspecified atom stereocenters. The van der Waals surface area contributed by atoms with Gasteiger partial charge in [-0.3, -0.25) is 9.89 Å². The lowest BCUT2D eigenvalue weighted by Crippen LogP contribution is -2.29. The molecule has 7 nitrogen and oxygen atoms in total. The fourth-order valence-corrected chi connectivity index (χ4v) is 3.79. The average Bonchev–Trinajstić information content (AvgIpc) is 3.27. The van der Waals surface area contributed by atoms with E-state index in [4.69, 9.17) is 0 Å². The van der Waals surface area contributed by atoms with E-state index >= 15 is 0 Å². The number of carbonyl (C=O) groups is 1. The number of aromatic nitrogens is 5. The number of halogens is 2. The summed E-state index contributed by atoms with van der Waals surface area (Å²) >= 11 is 0. The maximum Gasteiger partial charge on any atom is 0.261 e. The zero-order chi connectivity index (χ0) is 19.0. The standard InChI is InChI=1S/C18H20F2N6O/c1-11(12-4-2-5-18(19,20)8-12)15-14(10-22-25-15)24-17(27)13-9-23-26-7-3-6-21-16(13)26/h3,6-7,9-12H,2,4-5,8H2,1H3,(H,22,25)(H,24,27). The first kappa shape index (κ1) is 17.6. The molecule has 1 amide bonds. The highest BCUT2D eigenvalue weighted by molar-refractivity contribution is 6.08. The minimum absolute atomic E-state index is 0.0511. The van der Waals surface area contributed by atoms with Gasteiger partial charge >= 0.3 is 0 Å². The maximum atomic E-state index is 13.8. The second-order valence-corrected chi connectivity index (χ2v) is 7.10. The van der Waals surface area contributed by atoms with Gasteiger partial charge in [0.25, 0.3) is 5.91 Å². The molecule has 0 bridgehead atoms. The van der Waals surface area contributed by atoms with Crippen LogP contribution in [0.25, 0.3) is 5.65 Å². The first-order valence-electron chi connectivity index (χ1n) is 8.95. The molecule has 3 aromatic rings. The summed E-state index contributed by atoms with van der Waals surface area (Å²) in [7, 11) is 0. The molecule has 1 aliphatic rings. The molecule has 3 aromatic heterocycles. The number of H-pyrrole nitrogens is 1. The van der Waals surface area contributed by atoms with Crippen LogP contribution in [0.2, 0.25) is 0 Å². The van der Waals surface area contributed by atoms with Gasteiger partial charge in [-0.05, 0) is 24.8 Å². The Morgan fingerprint density at radius 3 is 3.11 bits per heavy atom. The highest BCUT2D eigenvalue weighted by Gasteiger charge is 2.39. The fraction of sp³-hybridized carbons (Fsp3) is 0.444. The largest absolute Gasteiger partial charge is 0.319 e. The summed E-state index contributed by atoms with van der Waals surface area (Å²) in [5, 5.41) is 13.8. The van der Waals surface area contributed by atoms with E-state index in [9.17, 15) is 13.6 Å². The molecule has 4 rings (SSSR count). The maximum absolute atomic E-state index is 13.8. The van der Waals surface area contributed by atoms with Gasteiger partial charge in [0.15, 0.2) is 5.65 Å². The SMILES string of the molecule is CC(c1[nH]ncc1NC(=O)c1cnn2cccnc12)C1CCCC(F)(F)C1. The van der Waals surface area contributed by atoms with Crippen molar-refractivity contribution in [2.45, 2.75) is 44.4 Å². The van der Waals surface area contributed by atoms with E-state index in [0.29, 0.717) is 29.0 Å². The predicted octanol–water partition coefficient (Wildman–Crippen LogP) is 3.63. The van der Waals surface area contributed by atoms with Crippen molar-refractivity contribution in [3.05, 3.63) is 42.1 Å². The molecule has 0 saturated heterocycles. The summed E-state index contributed by atoms with van der Waals surface area (Å²) in [6, 6.07) is 1.72. The van der Waals surface area contributed by atoms with Gasteiger partial charge in [-0.1, -0.05) is 6.92 Å². The minimum Gasteiger partial charge on any atom is -0.319 e.